The lowest BCUT2D eigenvalue weighted by atomic mass is 10.3. The zero-order valence-electron chi connectivity index (χ0n) is 18.0. The number of aryl methyl sites for hydroxylation is 1. The molecule has 0 aliphatic carbocycles. The Kier molecular flexibility index (Phi) is 7.93. The minimum Gasteiger partial charge on any atom is -0.468 e. The van der Waals surface area contributed by atoms with Crippen molar-refractivity contribution < 1.29 is 27.9 Å². The summed E-state index contributed by atoms with van der Waals surface area (Å²) < 4.78 is 36.1. The van der Waals surface area contributed by atoms with Crippen LogP contribution in [0.1, 0.15) is 18.7 Å². The number of carbonyl (C=O) groups is 1. The van der Waals surface area contributed by atoms with E-state index in [2.05, 4.69) is 14.8 Å². The van der Waals surface area contributed by atoms with Gasteiger partial charge >= 0.3 is 19.4 Å². The Morgan fingerprint density at radius 2 is 2.12 bits per heavy atom. The van der Waals surface area contributed by atoms with Crippen LogP contribution in [-0.4, -0.2) is 41.4 Å². The molecule has 1 unspecified atom stereocenters. The number of ether oxygens (including phenoxy) is 2. The number of hydrogen-bond donors (Lipinski definition) is 2. The summed E-state index contributed by atoms with van der Waals surface area (Å²) in [6, 6.07) is 5.18. The largest absolute Gasteiger partial charge is 0.468 e. The third-order valence-electron chi connectivity index (χ3n) is 4.56. The smallest absolute Gasteiger partial charge is 0.459 e. The van der Waals surface area contributed by atoms with Crippen molar-refractivity contribution in [1.29, 1.82) is 0 Å². The van der Waals surface area contributed by atoms with Crippen molar-refractivity contribution in [1.82, 2.24) is 14.6 Å². The third-order valence-corrected chi connectivity index (χ3v) is 6.44. The van der Waals surface area contributed by atoms with Crippen LogP contribution in [0.15, 0.2) is 52.2 Å². The maximum Gasteiger partial charge on any atom is 0.459 e. The SMILES string of the molecule is COC(=O)[C@H](C)NP(=O)(OC[C@@H]1C=C[C@H](n2cc(C)c(=O)[nH]c2=O)O1)Oc1cccc(Cl)c1. The lowest BCUT2D eigenvalue weighted by molar-refractivity contribution is -0.142. The molecule has 13 heteroatoms. The van der Waals surface area contributed by atoms with Crippen LogP contribution in [0.4, 0.5) is 0 Å². The van der Waals surface area contributed by atoms with Crippen molar-refractivity contribution in [3.8, 4) is 5.75 Å². The van der Waals surface area contributed by atoms with Crippen molar-refractivity contribution in [3.05, 3.63) is 74.0 Å². The number of nitrogens with zero attached hydrogens (tertiary/aromatic N) is 1. The quantitative estimate of drug-likeness (QED) is 0.302. The zero-order valence-corrected chi connectivity index (χ0v) is 19.7. The molecule has 178 valence electrons. The lowest BCUT2D eigenvalue weighted by Crippen LogP contribution is -2.35. The van der Waals surface area contributed by atoms with E-state index in [1.54, 1.807) is 31.2 Å². The highest BCUT2D eigenvalue weighted by atomic mass is 35.5. The van der Waals surface area contributed by atoms with Crippen LogP contribution in [0.5, 0.6) is 5.75 Å². The number of hydrogen-bond acceptors (Lipinski definition) is 8. The van der Waals surface area contributed by atoms with E-state index < -0.39 is 43.3 Å². The van der Waals surface area contributed by atoms with Crippen LogP contribution in [0.2, 0.25) is 5.02 Å². The summed E-state index contributed by atoms with van der Waals surface area (Å²) >= 11 is 5.96. The molecule has 0 spiro atoms. The van der Waals surface area contributed by atoms with Crippen molar-refractivity contribution in [3.63, 3.8) is 0 Å². The molecule has 1 aromatic carbocycles. The highest BCUT2D eigenvalue weighted by Crippen LogP contribution is 2.45. The molecule has 33 heavy (non-hydrogen) atoms. The molecule has 4 atom stereocenters. The van der Waals surface area contributed by atoms with Gasteiger partial charge in [0.2, 0.25) is 0 Å². The average molecular weight is 500 g/mol. The number of rotatable bonds is 9. The van der Waals surface area contributed by atoms with Gasteiger partial charge in [-0.3, -0.25) is 23.7 Å². The van der Waals surface area contributed by atoms with Gasteiger partial charge in [-0.2, -0.15) is 5.09 Å². The number of aromatic nitrogens is 2. The molecular formula is C20H23ClN3O8P. The number of methoxy groups -OCH3 is 1. The van der Waals surface area contributed by atoms with E-state index in [-0.39, 0.29) is 12.4 Å². The molecule has 1 aliphatic heterocycles. The van der Waals surface area contributed by atoms with Gasteiger partial charge in [0.15, 0.2) is 6.23 Å². The lowest BCUT2D eigenvalue weighted by Gasteiger charge is -2.24. The van der Waals surface area contributed by atoms with E-state index >= 15 is 0 Å². The molecule has 2 heterocycles. The number of benzene rings is 1. The van der Waals surface area contributed by atoms with Gasteiger partial charge in [0.25, 0.3) is 5.56 Å². The second-order valence-electron chi connectivity index (χ2n) is 7.14. The molecule has 1 aliphatic rings. The van der Waals surface area contributed by atoms with E-state index in [1.165, 1.54) is 36.9 Å². The number of carbonyl (C=O) groups excluding carboxylic acids is 1. The fourth-order valence-corrected chi connectivity index (χ4v) is 4.58. The molecule has 0 radical (unpaired) electrons. The maximum absolute atomic E-state index is 13.4. The molecular weight excluding hydrogens is 477 g/mol. The van der Waals surface area contributed by atoms with Crippen LogP contribution in [-0.2, 0) is 23.4 Å². The second-order valence-corrected chi connectivity index (χ2v) is 9.27. The second kappa shape index (κ2) is 10.5. The van der Waals surface area contributed by atoms with Crippen molar-refractivity contribution >= 4 is 25.3 Å². The highest BCUT2D eigenvalue weighted by molar-refractivity contribution is 7.52. The minimum atomic E-state index is -4.09. The van der Waals surface area contributed by atoms with E-state index in [0.717, 1.165) is 0 Å². The minimum absolute atomic E-state index is 0.159. The van der Waals surface area contributed by atoms with Crippen LogP contribution in [0.3, 0.4) is 0 Å². The van der Waals surface area contributed by atoms with Crippen molar-refractivity contribution in [2.45, 2.75) is 32.2 Å². The Labute approximate surface area is 193 Å². The molecule has 0 amide bonds. The summed E-state index contributed by atoms with van der Waals surface area (Å²) in [5.41, 5.74) is -0.778. The molecule has 0 fully saturated rings. The summed E-state index contributed by atoms with van der Waals surface area (Å²) in [6.07, 6.45) is 3.11. The number of esters is 1. The number of aromatic amines is 1. The fourth-order valence-electron chi connectivity index (χ4n) is 2.91. The Morgan fingerprint density at radius 1 is 1.36 bits per heavy atom. The maximum atomic E-state index is 13.4. The van der Waals surface area contributed by atoms with Crippen LogP contribution in [0.25, 0.3) is 0 Å². The molecule has 3 rings (SSSR count). The summed E-state index contributed by atoms with van der Waals surface area (Å²) in [5, 5.41) is 2.87. The van der Waals surface area contributed by atoms with Gasteiger partial charge in [0.1, 0.15) is 17.9 Å². The fraction of sp³-hybridized carbons (Fsp3) is 0.350. The molecule has 11 nitrogen and oxygen atoms in total. The zero-order chi connectivity index (χ0) is 24.2. The molecule has 0 saturated carbocycles. The van der Waals surface area contributed by atoms with Crippen LogP contribution in [0, 0.1) is 6.92 Å². The Bertz CT molecular complexity index is 1210. The topological polar surface area (TPSA) is 138 Å². The predicted octanol–water partition coefficient (Wildman–Crippen LogP) is 2.31. The molecule has 0 bridgehead atoms. The molecule has 2 N–H and O–H groups in total. The number of H-pyrrole nitrogens is 1. The highest BCUT2D eigenvalue weighted by Gasteiger charge is 2.34. The van der Waals surface area contributed by atoms with Crippen molar-refractivity contribution in [2.75, 3.05) is 13.7 Å². The van der Waals surface area contributed by atoms with Crippen LogP contribution >= 0.6 is 19.3 Å². The first kappa shape index (κ1) is 24.9. The number of nitrogens with one attached hydrogen (secondary N) is 2. The molecule has 1 aromatic heterocycles. The van der Waals surface area contributed by atoms with Crippen molar-refractivity contribution in [2.24, 2.45) is 0 Å². The van der Waals surface area contributed by atoms with Gasteiger partial charge in [-0.25, -0.2) is 9.36 Å². The first-order valence-electron chi connectivity index (χ1n) is 9.81. The average Bonchev–Trinajstić information content (AvgIpc) is 3.23. The van der Waals surface area contributed by atoms with E-state index in [9.17, 15) is 18.9 Å². The monoisotopic (exact) mass is 499 g/mol. The normalized spacial score (nSPS) is 20.2. The summed E-state index contributed by atoms with van der Waals surface area (Å²) in [7, 11) is -2.90. The van der Waals surface area contributed by atoms with Gasteiger partial charge < -0.3 is 14.0 Å². The third kappa shape index (κ3) is 6.43. The van der Waals surface area contributed by atoms with Gasteiger partial charge in [-0.15, -0.1) is 0 Å². The Hall–Kier alpha value is -2.69. The number of halogens is 1. The van der Waals surface area contributed by atoms with Gasteiger partial charge in [-0.1, -0.05) is 23.7 Å². The predicted molar refractivity (Wildman–Crippen MR) is 119 cm³/mol. The summed E-state index contributed by atoms with van der Waals surface area (Å²) in [5.74, 6) is -0.509. The van der Waals surface area contributed by atoms with E-state index in [1.807, 2.05) is 0 Å². The standard InChI is InChI=1S/C20H23ClN3O8P/c1-12-10-24(20(27)22-18(12)25)17-8-7-16(31-17)11-30-33(28,23-13(2)19(26)29-3)32-15-6-4-5-14(21)9-15/h4-10,13,16-17H,11H2,1-3H3,(H,23,28)(H,22,25,27)/t13-,16-,17+,33?/m0/s1. The van der Waals surface area contributed by atoms with E-state index in [4.69, 9.17) is 25.4 Å². The van der Waals surface area contributed by atoms with E-state index in [0.29, 0.717) is 10.6 Å². The Morgan fingerprint density at radius 3 is 2.82 bits per heavy atom. The van der Waals surface area contributed by atoms with Gasteiger partial charge in [-0.05, 0) is 38.1 Å². The first-order chi connectivity index (χ1) is 15.6. The van der Waals surface area contributed by atoms with Crippen LogP contribution < -0.4 is 20.9 Å². The molecule has 2 aromatic rings. The summed E-state index contributed by atoms with van der Waals surface area (Å²) in [4.78, 5) is 37.7. The van der Waals surface area contributed by atoms with Gasteiger partial charge in [0, 0.05) is 16.8 Å². The Balaban J connectivity index is 1.71. The molecule has 0 saturated heterocycles. The van der Waals surface area contributed by atoms with Gasteiger partial charge in [0.05, 0.1) is 13.7 Å². The summed E-state index contributed by atoms with van der Waals surface area (Å²) in [6.45, 7) is 2.77. The first-order valence-corrected chi connectivity index (χ1v) is 11.7.